The molecular weight excluding hydrogens is 104 g/mol. The molecule has 1 aliphatic carbocycles. The van der Waals surface area contributed by atoms with Gasteiger partial charge in [0.15, 0.2) is 11.6 Å². The summed E-state index contributed by atoms with van der Waals surface area (Å²) in [5.74, 6) is -0.603. The summed E-state index contributed by atoms with van der Waals surface area (Å²) < 4.78 is 0. The average Bonchev–Trinajstić information content (AvgIpc) is 1.77. The van der Waals surface area contributed by atoms with E-state index in [1.165, 1.54) is 0 Å². The van der Waals surface area contributed by atoms with Gasteiger partial charge in [0.05, 0.1) is 0 Å². The van der Waals surface area contributed by atoms with Crippen LogP contribution in [0, 0.1) is 12.2 Å². The van der Waals surface area contributed by atoms with Crippen molar-refractivity contribution in [3.8, 4) is 0 Å². The van der Waals surface area contributed by atoms with Crippen molar-refractivity contribution < 1.29 is 9.59 Å². The zero-order valence-corrected chi connectivity index (χ0v) is 3.97. The van der Waals surface area contributed by atoms with Gasteiger partial charge in [-0.2, -0.15) is 0 Å². The van der Waals surface area contributed by atoms with E-state index in [1.54, 1.807) is 0 Å². The molecule has 0 aromatic rings. The topological polar surface area (TPSA) is 34.1 Å². The lowest BCUT2D eigenvalue weighted by Gasteiger charge is -1.85. The number of carbonyl (C=O) groups is 2. The minimum absolute atomic E-state index is 0.301. The van der Waals surface area contributed by atoms with Gasteiger partial charge < -0.3 is 0 Å². The Balaban J connectivity index is 2.83. The minimum atomic E-state index is -0.301. The van der Waals surface area contributed by atoms with Crippen LogP contribution in [0.4, 0.5) is 0 Å². The van der Waals surface area contributed by atoms with Crippen LogP contribution >= 0.6 is 0 Å². The van der Waals surface area contributed by atoms with Gasteiger partial charge in [0.2, 0.25) is 0 Å². The van der Waals surface area contributed by atoms with Crippen molar-refractivity contribution in [3.63, 3.8) is 0 Å². The lowest BCUT2D eigenvalue weighted by Crippen LogP contribution is -1.98. The van der Waals surface area contributed by atoms with Crippen LogP contribution in [-0.4, -0.2) is 11.6 Å². The molecule has 0 amide bonds. The maximum atomic E-state index is 10.2. The maximum Gasteiger partial charge on any atom is 0.187 e. The van der Waals surface area contributed by atoms with Gasteiger partial charge in [-0.15, -0.1) is 0 Å². The van der Waals surface area contributed by atoms with Gasteiger partial charge in [-0.3, -0.25) is 9.59 Å². The van der Waals surface area contributed by atoms with E-state index in [-0.39, 0.29) is 11.6 Å². The fourth-order valence-corrected chi connectivity index (χ4v) is 0.357. The van der Waals surface area contributed by atoms with E-state index in [0.717, 1.165) is 12.2 Å². The smallest absolute Gasteiger partial charge is 0.187 e. The van der Waals surface area contributed by atoms with Crippen molar-refractivity contribution in [2.45, 2.75) is 0 Å². The molecule has 0 aromatic heterocycles. The highest BCUT2D eigenvalue weighted by Crippen LogP contribution is 1.88. The largest absolute Gasteiger partial charge is 0.289 e. The predicted octanol–water partition coefficient (Wildman–Crippen LogP) is -0.143. The molecule has 0 atom stereocenters. The molecule has 0 bridgehead atoms. The molecule has 0 spiro atoms. The first-order chi connectivity index (χ1) is 3.79. The molecule has 0 N–H and O–H groups in total. The Morgan fingerprint density at radius 2 is 1.38 bits per heavy atom. The SMILES string of the molecule is O=C1[C]=CC(=O)[C]=C1. The van der Waals surface area contributed by atoms with Gasteiger partial charge in [-0.05, 0) is 12.2 Å². The fourth-order valence-electron chi connectivity index (χ4n) is 0.357. The Morgan fingerprint density at radius 3 is 1.62 bits per heavy atom. The van der Waals surface area contributed by atoms with Crippen molar-refractivity contribution in [1.29, 1.82) is 0 Å². The number of rotatable bonds is 0. The maximum absolute atomic E-state index is 10.2. The zero-order chi connectivity index (χ0) is 5.98. The van der Waals surface area contributed by atoms with Crippen LogP contribution < -0.4 is 0 Å². The molecule has 0 heterocycles. The average molecular weight is 106 g/mol. The van der Waals surface area contributed by atoms with E-state index < -0.39 is 0 Å². The van der Waals surface area contributed by atoms with E-state index >= 15 is 0 Å². The second kappa shape index (κ2) is 1.74. The molecule has 1 aliphatic rings. The molecule has 0 unspecified atom stereocenters. The van der Waals surface area contributed by atoms with Gasteiger partial charge in [-0.1, -0.05) is 0 Å². The monoisotopic (exact) mass is 106 g/mol. The molecule has 1 rings (SSSR count). The third kappa shape index (κ3) is 0.904. The van der Waals surface area contributed by atoms with Crippen LogP contribution in [-0.2, 0) is 9.59 Å². The molecule has 38 valence electrons. The Morgan fingerprint density at radius 1 is 1.00 bits per heavy atom. The van der Waals surface area contributed by atoms with Crippen molar-refractivity contribution in [2.24, 2.45) is 0 Å². The molecule has 8 heavy (non-hydrogen) atoms. The summed E-state index contributed by atoms with van der Waals surface area (Å²) in [6.45, 7) is 0. The lowest BCUT2D eigenvalue weighted by molar-refractivity contribution is -0.114. The molecule has 0 aliphatic heterocycles. The van der Waals surface area contributed by atoms with E-state index in [2.05, 4.69) is 12.2 Å². The van der Waals surface area contributed by atoms with E-state index in [9.17, 15) is 9.59 Å². The van der Waals surface area contributed by atoms with E-state index in [0.29, 0.717) is 0 Å². The summed E-state index contributed by atoms with van der Waals surface area (Å²) in [6, 6.07) is 0. The molecule has 2 radical (unpaired) electrons. The quantitative estimate of drug-likeness (QED) is 0.403. The molecule has 0 saturated carbocycles. The molecular formula is C6H2O2. The first-order valence-electron chi connectivity index (χ1n) is 2.06. The van der Waals surface area contributed by atoms with Gasteiger partial charge in [-0.25, -0.2) is 0 Å². The van der Waals surface area contributed by atoms with Crippen LogP contribution in [0.25, 0.3) is 0 Å². The Labute approximate surface area is 46.5 Å². The van der Waals surface area contributed by atoms with Crippen LogP contribution in [0.5, 0.6) is 0 Å². The van der Waals surface area contributed by atoms with Crippen LogP contribution in [0.2, 0.25) is 0 Å². The third-order valence-corrected chi connectivity index (χ3v) is 0.691. The first-order valence-corrected chi connectivity index (χ1v) is 2.06. The molecule has 0 fully saturated rings. The van der Waals surface area contributed by atoms with Crippen LogP contribution in [0.1, 0.15) is 0 Å². The van der Waals surface area contributed by atoms with Gasteiger partial charge in [0.25, 0.3) is 0 Å². The normalized spacial score (nSPS) is 17.5. The number of hydrogen-bond donors (Lipinski definition) is 0. The summed E-state index contributed by atoms with van der Waals surface area (Å²) in [4.78, 5) is 20.4. The zero-order valence-electron chi connectivity index (χ0n) is 3.97. The molecule has 0 saturated heterocycles. The Hall–Kier alpha value is -1.18. The minimum Gasteiger partial charge on any atom is -0.289 e. The fraction of sp³-hybridized carbons (Fsp3) is 0. The standard InChI is InChI=1S/C6H2O2/c7-5-1-2-6(8)4-3-5/h1,4H. The Bertz CT molecular complexity index is 149. The number of ketones is 2. The summed E-state index contributed by atoms with van der Waals surface area (Å²) in [5, 5.41) is 0. The van der Waals surface area contributed by atoms with Crippen molar-refractivity contribution in [2.75, 3.05) is 0 Å². The third-order valence-electron chi connectivity index (χ3n) is 0.691. The second-order valence-corrected chi connectivity index (χ2v) is 1.31. The van der Waals surface area contributed by atoms with E-state index in [4.69, 9.17) is 0 Å². The summed E-state index contributed by atoms with van der Waals surface area (Å²) in [6.07, 6.45) is 6.54. The second-order valence-electron chi connectivity index (χ2n) is 1.31. The van der Waals surface area contributed by atoms with Crippen molar-refractivity contribution in [1.82, 2.24) is 0 Å². The molecule has 0 aromatic carbocycles. The number of allylic oxidation sites excluding steroid dienone is 4. The summed E-state index contributed by atoms with van der Waals surface area (Å²) in [7, 11) is 0. The van der Waals surface area contributed by atoms with Gasteiger partial charge >= 0.3 is 0 Å². The number of hydrogen-bond acceptors (Lipinski definition) is 2. The highest BCUT2D eigenvalue weighted by atomic mass is 16.1. The van der Waals surface area contributed by atoms with Crippen molar-refractivity contribution in [3.05, 3.63) is 24.3 Å². The van der Waals surface area contributed by atoms with E-state index in [1.807, 2.05) is 0 Å². The predicted molar refractivity (Wildman–Crippen MR) is 25.6 cm³/mol. The highest BCUT2D eigenvalue weighted by molar-refractivity contribution is 6.09. The first kappa shape index (κ1) is 4.97. The van der Waals surface area contributed by atoms with Crippen LogP contribution in [0.15, 0.2) is 12.2 Å². The molecule has 2 heteroatoms. The highest BCUT2D eigenvalue weighted by Gasteiger charge is 1.99. The lowest BCUT2D eigenvalue weighted by atomic mass is 10.2. The summed E-state index contributed by atoms with van der Waals surface area (Å²) in [5.41, 5.74) is 0. The molecule has 2 nitrogen and oxygen atoms in total. The summed E-state index contributed by atoms with van der Waals surface area (Å²) >= 11 is 0. The van der Waals surface area contributed by atoms with Gasteiger partial charge in [0.1, 0.15) is 0 Å². The van der Waals surface area contributed by atoms with Crippen molar-refractivity contribution >= 4 is 11.6 Å². The Kier molecular flexibility index (Phi) is 1.08. The van der Waals surface area contributed by atoms with Crippen LogP contribution in [0.3, 0.4) is 0 Å². The van der Waals surface area contributed by atoms with Gasteiger partial charge in [0, 0.05) is 12.2 Å². The number of carbonyl (C=O) groups excluding carboxylic acids is 2.